The zero-order chi connectivity index (χ0) is 10.6. The smallest absolute Gasteiger partial charge is 0.236 e. The Kier molecular flexibility index (Phi) is 4.35. The van der Waals surface area contributed by atoms with Gasteiger partial charge in [-0.05, 0) is 32.2 Å². The van der Waals surface area contributed by atoms with Crippen molar-refractivity contribution in [3.8, 4) is 0 Å². The number of nitrogens with two attached hydrogens (primary N) is 2. The van der Waals surface area contributed by atoms with Crippen LogP contribution in [0.3, 0.4) is 0 Å². The average molecular weight is 199 g/mol. The van der Waals surface area contributed by atoms with Gasteiger partial charge in [-0.2, -0.15) is 0 Å². The van der Waals surface area contributed by atoms with E-state index in [4.69, 9.17) is 11.5 Å². The highest BCUT2D eigenvalue weighted by Crippen LogP contribution is 2.21. The molecular formula is C10H21N3O. The number of rotatable bonds is 2. The fourth-order valence-corrected chi connectivity index (χ4v) is 2.17. The fourth-order valence-electron chi connectivity index (χ4n) is 2.17. The van der Waals surface area contributed by atoms with E-state index in [1.54, 1.807) is 0 Å². The third-order valence-corrected chi connectivity index (χ3v) is 3.20. The van der Waals surface area contributed by atoms with Crippen LogP contribution < -0.4 is 11.5 Å². The Morgan fingerprint density at radius 1 is 1.43 bits per heavy atom. The SMILES string of the molecule is C[C@@H]1[C@@H](CN)CCCCN1C(=O)CN. The van der Waals surface area contributed by atoms with E-state index in [2.05, 4.69) is 6.92 Å². The summed E-state index contributed by atoms with van der Waals surface area (Å²) in [5.74, 6) is 0.492. The molecule has 0 aromatic heterocycles. The zero-order valence-electron chi connectivity index (χ0n) is 8.91. The standard InChI is InChI=1S/C10H21N3O/c1-8-9(6-11)4-2-3-5-13(8)10(14)7-12/h8-9H,2-7,11-12H2,1H3/t8-,9-/m1/s1. The highest BCUT2D eigenvalue weighted by Gasteiger charge is 2.27. The monoisotopic (exact) mass is 199 g/mol. The maximum atomic E-state index is 11.6. The van der Waals surface area contributed by atoms with E-state index in [1.807, 2.05) is 4.90 Å². The quantitative estimate of drug-likeness (QED) is 0.653. The van der Waals surface area contributed by atoms with Crippen molar-refractivity contribution in [2.24, 2.45) is 17.4 Å². The Bertz CT molecular complexity index is 196. The first-order valence-electron chi connectivity index (χ1n) is 5.40. The summed E-state index contributed by atoms with van der Waals surface area (Å²) in [7, 11) is 0. The van der Waals surface area contributed by atoms with Gasteiger partial charge in [-0.25, -0.2) is 0 Å². The van der Waals surface area contributed by atoms with Crippen LogP contribution in [0.15, 0.2) is 0 Å². The van der Waals surface area contributed by atoms with Crippen LogP contribution in [0.4, 0.5) is 0 Å². The minimum atomic E-state index is 0.0536. The van der Waals surface area contributed by atoms with E-state index in [9.17, 15) is 4.79 Å². The van der Waals surface area contributed by atoms with Crippen LogP contribution in [0.25, 0.3) is 0 Å². The molecule has 0 spiro atoms. The summed E-state index contributed by atoms with van der Waals surface area (Å²) in [4.78, 5) is 13.4. The van der Waals surface area contributed by atoms with E-state index >= 15 is 0 Å². The van der Waals surface area contributed by atoms with Gasteiger partial charge in [0, 0.05) is 12.6 Å². The van der Waals surface area contributed by atoms with Crippen LogP contribution >= 0.6 is 0 Å². The summed E-state index contributed by atoms with van der Waals surface area (Å²) >= 11 is 0. The third kappa shape index (κ3) is 2.45. The number of amides is 1. The largest absolute Gasteiger partial charge is 0.339 e. The lowest BCUT2D eigenvalue weighted by molar-refractivity contribution is -0.132. The van der Waals surface area contributed by atoms with Crippen molar-refractivity contribution in [2.45, 2.75) is 32.2 Å². The Morgan fingerprint density at radius 2 is 2.14 bits per heavy atom. The lowest BCUT2D eigenvalue weighted by Gasteiger charge is -2.31. The topological polar surface area (TPSA) is 72.3 Å². The molecule has 1 rings (SSSR count). The molecule has 1 fully saturated rings. The predicted molar refractivity (Wildman–Crippen MR) is 56.6 cm³/mol. The summed E-state index contributed by atoms with van der Waals surface area (Å²) in [6.45, 7) is 3.70. The van der Waals surface area contributed by atoms with Gasteiger partial charge in [-0.1, -0.05) is 6.42 Å². The van der Waals surface area contributed by atoms with Gasteiger partial charge in [0.25, 0.3) is 0 Å². The number of nitrogens with zero attached hydrogens (tertiary/aromatic N) is 1. The van der Waals surface area contributed by atoms with E-state index in [0.29, 0.717) is 12.5 Å². The van der Waals surface area contributed by atoms with E-state index in [1.165, 1.54) is 6.42 Å². The van der Waals surface area contributed by atoms with Gasteiger partial charge in [-0.3, -0.25) is 4.79 Å². The summed E-state index contributed by atoms with van der Waals surface area (Å²) in [5, 5.41) is 0. The van der Waals surface area contributed by atoms with E-state index in [-0.39, 0.29) is 18.5 Å². The molecule has 0 aromatic carbocycles. The minimum absolute atomic E-state index is 0.0536. The Hall–Kier alpha value is -0.610. The molecule has 0 aliphatic carbocycles. The fraction of sp³-hybridized carbons (Fsp3) is 0.900. The molecule has 0 unspecified atom stereocenters. The predicted octanol–water partition coefficient (Wildman–Crippen LogP) is -0.0790. The molecule has 1 heterocycles. The normalized spacial score (nSPS) is 28.6. The molecule has 1 aliphatic rings. The van der Waals surface area contributed by atoms with Crippen LogP contribution in [0.1, 0.15) is 26.2 Å². The molecule has 0 aromatic rings. The first kappa shape index (κ1) is 11.5. The van der Waals surface area contributed by atoms with Crippen LogP contribution in [0.2, 0.25) is 0 Å². The minimum Gasteiger partial charge on any atom is -0.339 e. The second-order valence-electron chi connectivity index (χ2n) is 4.02. The molecule has 0 bridgehead atoms. The molecule has 0 radical (unpaired) electrons. The molecule has 4 heteroatoms. The Labute approximate surface area is 85.6 Å². The average Bonchev–Trinajstić information content (AvgIpc) is 2.39. The molecule has 1 amide bonds. The van der Waals surface area contributed by atoms with Crippen LogP contribution in [0, 0.1) is 5.92 Å². The van der Waals surface area contributed by atoms with Crippen molar-refractivity contribution < 1.29 is 4.79 Å². The highest BCUT2D eigenvalue weighted by molar-refractivity contribution is 5.78. The number of carbonyl (C=O) groups is 1. The molecule has 0 saturated carbocycles. The summed E-state index contributed by atoms with van der Waals surface area (Å²) in [6, 6.07) is 0.249. The van der Waals surface area contributed by atoms with Crippen molar-refractivity contribution >= 4 is 5.91 Å². The number of hydrogen-bond acceptors (Lipinski definition) is 3. The second kappa shape index (κ2) is 5.32. The number of carbonyl (C=O) groups excluding carboxylic acids is 1. The van der Waals surface area contributed by atoms with Gasteiger partial charge in [0.1, 0.15) is 0 Å². The van der Waals surface area contributed by atoms with Crippen LogP contribution in [0.5, 0.6) is 0 Å². The van der Waals surface area contributed by atoms with E-state index in [0.717, 1.165) is 19.4 Å². The zero-order valence-corrected chi connectivity index (χ0v) is 8.91. The Morgan fingerprint density at radius 3 is 2.71 bits per heavy atom. The van der Waals surface area contributed by atoms with Gasteiger partial charge in [0.2, 0.25) is 5.91 Å². The number of hydrogen-bond donors (Lipinski definition) is 2. The van der Waals surface area contributed by atoms with Gasteiger partial charge in [0.05, 0.1) is 6.54 Å². The van der Waals surface area contributed by atoms with Gasteiger partial charge in [0.15, 0.2) is 0 Å². The second-order valence-corrected chi connectivity index (χ2v) is 4.02. The first-order valence-corrected chi connectivity index (χ1v) is 5.40. The molecule has 2 atom stereocenters. The maximum absolute atomic E-state index is 11.6. The summed E-state index contributed by atoms with van der Waals surface area (Å²) < 4.78 is 0. The van der Waals surface area contributed by atoms with Crippen LogP contribution in [-0.2, 0) is 4.79 Å². The van der Waals surface area contributed by atoms with Gasteiger partial charge >= 0.3 is 0 Å². The molecule has 14 heavy (non-hydrogen) atoms. The third-order valence-electron chi connectivity index (χ3n) is 3.20. The van der Waals surface area contributed by atoms with Gasteiger partial charge in [-0.15, -0.1) is 0 Å². The molecule has 1 aliphatic heterocycles. The van der Waals surface area contributed by atoms with Crippen molar-refractivity contribution in [1.29, 1.82) is 0 Å². The lowest BCUT2D eigenvalue weighted by Crippen LogP contribution is -2.46. The van der Waals surface area contributed by atoms with Gasteiger partial charge < -0.3 is 16.4 Å². The van der Waals surface area contributed by atoms with Crippen LogP contribution in [-0.4, -0.2) is 36.5 Å². The van der Waals surface area contributed by atoms with Crippen molar-refractivity contribution in [3.05, 3.63) is 0 Å². The molecule has 1 saturated heterocycles. The summed E-state index contributed by atoms with van der Waals surface area (Å²) in [6.07, 6.45) is 3.37. The van der Waals surface area contributed by atoms with Crippen molar-refractivity contribution in [1.82, 2.24) is 4.90 Å². The summed E-state index contributed by atoms with van der Waals surface area (Å²) in [5.41, 5.74) is 11.1. The van der Waals surface area contributed by atoms with Crippen molar-refractivity contribution in [2.75, 3.05) is 19.6 Å². The highest BCUT2D eigenvalue weighted by atomic mass is 16.2. The molecule has 4 N–H and O–H groups in total. The number of likely N-dealkylation sites (tertiary alicyclic amines) is 1. The first-order chi connectivity index (χ1) is 6.70. The molecular weight excluding hydrogens is 178 g/mol. The Balaban J connectivity index is 2.67. The maximum Gasteiger partial charge on any atom is 0.236 e. The van der Waals surface area contributed by atoms with E-state index < -0.39 is 0 Å². The molecule has 82 valence electrons. The molecule has 4 nitrogen and oxygen atoms in total. The lowest BCUT2D eigenvalue weighted by atomic mass is 9.96. The van der Waals surface area contributed by atoms with Crippen molar-refractivity contribution in [3.63, 3.8) is 0 Å².